The maximum absolute atomic E-state index is 14.2. The number of carbonyl (C=O) groups excluding carboxylic acids is 1. The molecule has 2 aliphatic heterocycles. The van der Waals surface area contributed by atoms with Crippen molar-refractivity contribution < 1.29 is 9.18 Å². The van der Waals surface area contributed by atoms with Crippen molar-refractivity contribution in [1.29, 1.82) is 0 Å². The molecule has 1 amide bonds. The molecule has 2 aliphatic rings. The first kappa shape index (κ1) is 17.9. The third-order valence-electron chi connectivity index (χ3n) is 5.60. The number of rotatable bonds is 3. The lowest BCUT2D eigenvalue weighted by Gasteiger charge is -2.27. The van der Waals surface area contributed by atoms with Gasteiger partial charge in [-0.25, -0.2) is 13.9 Å². The molecular formula is C20H25FN4O2. The highest BCUT2D eigenvalue weighted by atomic mass is 19.1. The average Bonchev–Trinajstić information content (AvgIpc) is 3.16. The number of fused-ring (bicyclic) bond motifs is 1. The first-order chi connectivity index (χ1) is 12.8. The summed E-state index contributed by atoms with van der Waals surface area (Å²) < 4.78 is 17.1. The molecule has 1 aromatic heterocycles. The van der Waals surface area contributed by atoms with Crippen molar-refractivity contribution in [2.75, 3.05) is 13.1 Å². The van der Waals surface area contributed by atoms with Gasteiger partial charge < -0.3 is 4.90 Å². The normalized spacial score (nSPS) is 24.9. The van der Waals surface area contributed by atoms with Crippen molar-refractivity contribution in [1.82, 2.24) is 19.2 Å². The van der Waals surface area contributed by atoms with E-state index in [1.165, 1.54) is 16.2 Å². The third kappa shape index (κ3) is 3.42. The molecule has 3 heterocycles. The number of amides is 1. The summed E-state index contributed by atoms with van der Waals surface area (Å²) in [5, 5.41) is 4.48. The molecular weight excluding hydrogens is 347 g/mol. The monoisotopic (exact) mass is 372 g/mol. The number of hydrogen-bond acceptors (Lipinski definition) is 3. The number of hydrogen-bond donors (Lipinski definition) is 0. The van der Waals surface area contributed by atoms with Gasteiger partial charge in [-0.15, -0.1) is 0 Å². The van der Waals surface area contributed by atoms with E-state index in [0.29, 0.717) is 38.2 Å². The molecule has 2 atom stereocenters. The van der Waals surface area contributed by atoms with Crippen molar-refractivity contribution in [3.8, 4) is 0 Å². The fraction of sp³-hybridized carbons (Fsp3) is 0.550. The number of carbonyl (C=O) groups is 1. The van der Waals surface area contributed by atoms with Crippen LogP contribution in [0.15, 0.2) is 29.1 Å². The highest BCUT2D eigenvalue weighted by Gasteiger charge is 2.40. The Kier molecular flexibility index (Phi) is 4.40. The minimum absolute atomic E-state index is 0.101. The zero-order chi connectivity index (χ0) is 19.2. The van der Waals surface area contributed by atoms with Crippen molar-refractivity contribution in [2.24, 2.45) is 0 Å². The largest absolute Gasteiger partial charge is 0.346 e. The Labute approximate surface area is 157 Å². The first-order valence-electron chi connectivity index (χ1n) is 9.55. The lowest BCUT2D eigenvalue weighted by molar-refractivity contribution is -0.134. The summed E-state index contributed by atoms with van der Waals surface area (Å²) >= 11 is 0. The standard InChI is InChI=1S/C20H25FN4O2/c1-14-6-8-15(9-7-14)12-24-19(27)25-16(4-3-5-17(25)22-24)18(26)23-11-10-20(2,21)13-23/h6-9,16H,3-5,10-13H2,1-2H3/t16-,20-/m1/s1. The van der Waals surface area contributed by atoms with Gasteiger partial charge in [-0.2, -0.15) is 5.10 Å². The summed E-state index contributed by atoms with van der Waals surface area (Å²) in [4.78, 5) is 27.5. The molecule has 0 saturated carbocycles. The number of alkyl halides is 1. The minimum Gasteiger partial charge on any atom is -0.338 e. The van der Waals surface area contributed by atoms with E-state index in [9.17, 15) is 14.0 Å². The molecule has 6 nitrogen and oxygen atoms in total. The third-order valence-corrected chi connectivity index (χ3v) is 5.60. The van der Waals surface area contributed by atoms with Gasteiger partial charge in [0, 0.05) is 19.4 Å². The molecule has 0 bridgehead atoms. The molecule has 0 unspecified atom stereocenters. The first-order valence-corrected chi connectivity index (χ1v) is 9.55. The molecule has 0 radical (unpaired) electrons. The molecule has 1 fully saturated rings. The maximum atomic E-state index is 14.2. The Morgan fingerprint density at radius 3 is 2.74 bits per heavy atom. The summed E-state index contributed by atoms with van der Waals surface area (Å²) in [6.45, 7) is 4.43. The van der Waals surface area contributed by atoms with Gasteiger partial charge in [0.2, 0.25) is 5.91 Å². The number of aryl methyl sites for hydroxylation is 2. The van der Waals surface area contributed by atoms with Gasteiger partial charge in [-0.3, -0.25) is 9.36 Å². The molecule has 0 spiro atoms. The molecule has 0 aliphatic carbocycles. The second-order valence-corrected chi connectivity index (χ2v) is 8.04. The van der Waals surface area contributed by atoms with Gasteiger partial charge in [0.1, 0.15) is 17.5 Å². The van der Waals surface area contributed by atoms with Crippen molar-refractivity contribution in [3.05, 3.63) is 51.7 Å². The lowest BCUT2D eigenvalue weighted by Crippen LogP contribution is -2.42. The number of benzene rings is 1. The van der Waals surface area contributed by atoms with Crippen LogP contribution in [0.25, 0.3) is 0 Å². The van der Waals surface area contributed by atoms with Crippen LogP contribution in [0.5, 0.6) is 0 Å². The summed E-state index contributed by atoms with van der Waals surface area (Å²) in [6.07, 6.45) is 2.43. The molecule has 4 rings (SSSR count). The van der Waals surface area contributed by atoms with E-state index >= 15 is 0 Å². The summed E-state index contributed by atoms with van der Waals surface area (Å²) in [5.74, 6) is 0.494. The van der Waals surface area contributed by atoms with Gasteiger partial charge in [-0.05, 0) is 32.3 Å². The molecule has 144 valence electrons. The molecule has 1 saturated heterocycles. The van der Waals surface area contributed by atoms with Crippen molar-refractivity contribution >= 4 is 5.91 Å². The van der Waals surface area contributed by atoms with E-state index in [0.717, 1.165) is 17.5 Å². The zero-order valence-corrected chi connectivity index (χ0v) is 15.8. The van der Waals surface area contributed by atoms with Gasteiger partial charge in [0.05, 0.1) is 13.1 Å². The minimum atomic E-state index is -1.34. The van der Waals surface area contributed by atoms with Crippen LogP contribution < -0.4 is 5.69 Å². The van der Waals surface area contributed by atoms with E-state index in [1.54, 1.807) is 4.90 Å². The molecule has 1 aromatic carbocycles. The highest BCUT2D eigenvalue weighted by Crippen LogP contribution is 2.30. The summed E-state index contributed by atoms with van der Waals surface area (Å²) in [5.41, 5.74) is 0.555. The fourth-order valence-electron chi connectivity index (χ4n) is 4.06. The molecule has 0 N–H and O–H groups in total. The van der Waals surface area contributed by atoms with E-state index in [1.807, 2.05) is 31.2 Å². The van der Waals surface area contributed by atoms with E-state index in [2.05, 4.69) is 5.10 Å². The van der Waals surface area contributed by atoms with Crippen LogP contribution in [0.2, 0.25) is 0 Å². The van der Waals surface area contributed by atoms with E-state index in [4.69, 9.17) is 0 Å². The smallest absolute Gasteiger partial charge is 0.338 e. The second kappa shape index (κ2) is 6.62. The van der Waals surface area contributed by atoms with Gasteiger partial charge in [0.15, 0.2) is 0 Å². The molecule has 27 heavy (non-hydrogen) atoms. The Bertz CT molecular complexity index is 913. The fourth-order valence-corrected chi connectivity index (χ4v) is 4.06. The second-order valence-electron chi connectivity index (χ2n) is 8.04. The number of nitrogens with zero attached hydrogens (tertiary/aromatic N) is 4. The van der Waals surface area contributed by atoms with Crippen LogP contribution in [0.4, 0.5) is 4.39 Å². The maximum Gasteiger partial charge on any atom is 0.346 e. The Hall–Kier alpha value is -2.44. The van der Waals surface area contributed by atoms with Crippen molar-refractivity contribution in [3.63, 3.8) is 0 Å². The van der Waals surface area contributed by atoms with Gasteiger partial charge in [0.25, 0.3) is 0 Å². The van der Waals surface area contributed by atoms with Gasteiger partial charge in [-0.1, -0.05) is 29.8 Å². The topological polar surface area (TPSA) is 60.1 Å². The van der Waals surface area contributed by atoms with Crippen LogP contribution in [-0.2, 0) is 17.8 Å². The summed E-state index contributed by atoms with van der Waals surface area (Å²) in [7, 11) is 0. The quantitative estimate of drug-likeness (QED) is 0.830. The van der Waals surface area contributed by atoms with Crippen LogP contribution in [0.1, 0.15) is 49.2 Å². The zero-order valence-electron chi connectivity index (χ0n) is 15.8. The van der Waals surface area contributed by atoms with Crippen LogP contribution in [-0.4, -0.2) is 43.9 Å². The Morgan fingerprint density at radius 2 is 2.07 bits per heavy atom. The predicted octanol–water partition coefficient (Wildman–Crippen LogP) is 2.24. The highest BCUT2D eigenvalue weighted by molar-refractivity contribution is 5.81. The molecule has 7 heteroatoms. The Morgan fingerprint density at radius 1 is 1.33 bits per heavy atom. The number of aromatic nitrogens is 3. The average molecular weight is 372 g/mol. The van der Waals surface area contributed by atoms with E-state index in [-0.39, 0.29) is 18.1 Å². The molecule has 2 aromatic rings. The lowest BCUT2D eigenvalue weighted by atomic mass is 10.0. The number of likely N-dealkylation sites (tertiary alicyclic amines) is 1. The number of halogens is 1. The Balaban J connectivity index is 1.61. The van der Waals surface area contributed by atoms with Crippen LogP contribution in [0, 0.1) is 6.92 Å². The summed E-state index contributed by atoms with van der Waals surface area (Å²) in [6, 6.07) is 7.40. The van der Waals surface area contributed by atoms with Crippen LogP contribution in [0.3, 0.4) is 0 Å². The van der Waals surface area contributed by atoms with Crippen molar-refractivity contribution in [2.45, 2.75) is 57.8 Å². The van der Waals surface area contributed by atoms with E-state index < -0.39 is 11.7 Å². The van der Waals surface area contributed by atoms with Gasteiger partial charge >= 0.3 is 5.69 Å². The predicted molar refractivity (Wildman–Crippen MR) is 99.5 cm³/mol. The van der Waals surface area contributed by atoms with Crippen LogP contribution >= 0.6 is 0 Å². The SMILES string of the molecule is Cc1ccc(Cn2nc3n(c2=O)[C@@H](C(=O)N2CC[C@@](C)(F)C2)CCC3)cc1.